The van der Waals surface area contributed by atoms with Crippen molar-refractivity contribution in [2.75, 3.05) is 13.2 Å². The summed E-state index contributed by atoms with van der Waals surface area (Å²) in [6.07, 6.45) is 72.4. The van der Waals surface area contributed by atoms with E-state index in [-0.39, 0.29) is 31.1 Å². The fourth-order valence-corrected chi connectivity index (χ4v) is 8.15. The largest absolute Gasteiger partial charge is 0.462 e. The van der Waals surface area contributed by atoms with Crippen molar-refractivity contribution in [3.8, 4) is 0 Å². The molecule has 0 rings (SSSR count). The lowest BCUT2D eigenvalue weighted by Crippen LogP contribution is -2.30. The Morgan fingerprint density at radius 2 is 0.574 bits per heavy atom. The molecule has 0 aliphatic rings. The molecule has 392 valence electrons. The second kappa shape index (κ2) is 56.4. The number of ether oxygens (including phenoxy) is 3. The molecule has 0 aliphatic heterocycles. The first-order chi connectivity index (χ1) is 33.5. The lowest BCUT2D eigenvalue weighted by molar-refractivity contribution is -0.167. The smallest absolute Gasteiger partial charge is 0.306 e. The topological polar surface area (TPSA) is 78.9 Å². The Hall–Kier alpha value is -3.15. The number of allylic oxidation sites excluding steroid dienone is 12. The molecule has 6 nitrogen and oxygen atoms in total. The van der Waals surface area contributed by atoms with E-state index in [1.807, 2.05) is 0 Å². The van der Waals surface area contributed by atoms with E-state index in [0.717, 1.165) is 96.3 Å². The van der Waals surface area contributed by atoms with Gasteiger partial charge in [-0.3, -0.25) is 14.4 Å². The Kier molecular flexibility index (Phi) is 53.8. The van der Waals surface area contributed by atoms with Crippen LogP contribution in [0, 0.1) is 0 Å². The summed E-state index contributed by atoms with van der Waals surface area (Å²) in [6.45, 7) is 6.45. The molecule has 6 heteroatoms. The summed E-state index contributed by atoms with van der Waals surface area (Å²) in [5.74, 6) is -0.876. The van der Waals surface area contributed by atoms with Crippen molar-refractivity contribution >= 4 is 17.9 Å². The van der Waals surface area contributed by atoms with E-state index in [1.54, 1.807) is 0 Å². The summed E-state index contributed by atoms with van der Waals surface area (Å²) in [5.41, 5.74) is 0. The highest BCUT2D eigenvalue weighted by Gasteiger charge is 2.19. The van der Waals surface area contributed by atoms with Gasteiger partial charge in [0.2, 0.25) is 0 Å². The molecule has 0 heterocycles. The van der Waals surface area contributed by atoms with Gasteiger partial charge in [-0.05, 0) is 70.6 Å². The van der Waals surface area contributed by atoms with Crippen molar-refractivity contribution in [3.63, 3.8) is 0 Å². The number of esters is 3. The van der Waals surface area contributed by atoms with Gasteiger partial charge in [0.05, 0.1) is 0 Å². The summed E-state index contributed by atoms with van der Waals surface area (Å²) < 4.78 is 16.7. The predicted molar refractivity (Wildman–Crippen MR) is 293 cm³/mol. The van der Waals surface area contributed by atoms with Gasteiger partial charge in [-0.1, -0.05) is 267 Å². The van der Waals surface area contributed by atoms with Gasteiger partial charge in [0.15, 0.2) is 6.10 Å². The normalized spacial score (nSPS) is 12.6. The van der Waals surface area contributed by atoms with Crippen LogP contribution in [0.5, 0.6) is 0 Å². The van der Waals surface area contributed by atoms with Gasteiger partial charge >= 0.3 is 17.9 Å². The molecule has 68 heavy (non-hydrogen) atoms. The predicted octanol–water partition coefficient (Wildman–Crippen LogP) is 19.4. The van der Waals surface area contributed by atoms with Gasteiger partial charge in [-0.25, -0.2) is 0 Å². The van der Waals surface area contributed by atoms with Crippen molar-refractivity contribution in [2.24, 2.45) is 0 Å². The van der Waals surface area contributed by atoms with Gasteiger partial charge < -0.3 is 14.2 Å². The Labute approximate surface area is 421 Å². The molecule has 0 aromatic heterocycles. The lowest BCUT2D eigenvalue weighted by Gasteiger charge is -2.18. The average molecular weight is 950 g/mol. The molecule has 0 N–H and O–H groups in total. The van der Waals surface area contributed by atoms with Crippen LogP contribution in [0.1, 0.15) is 284 Å². The summed E-state index contributed by atoms with van der Waals surface area (Å²) in [6, 6.07) is 0. The molecule has 1 atom stereocenters. The Balaban J connectivity index is 3.88. The third-order valence-electron chi connectivity index (χ3n) is 12.5. The van der Waals surface area contributed by atoms with Crippen LogP contribution in [0.15, 0.2) is 72.9 Å². The number of unbranched alkanes of at least 4 members (excludes halogenated alkanes) is 29. The zero-order valence-corrected chi connectivity index (χ0v) is 44.9. The Morgan fingerprint density at radius 1 is 0.309 bits per heavy atom. The lowest BCUT2D eigenvalue weighted by atomic mass is 10.0. The first kappa shape index (κ1) is 64.8. The maximum absolute atomic E-state index is 12.7. The summed E-state index contributed by atoms with van der Waals surface area (Å²) in [5, 5.41) is 0. The van der Waals surface area contributed by atoms with Crippen LogP contribution in [0.3, 0.4) is 0 Å². The summed E-state index contributed by atoms with van der Waals surface area (Å²) >= 11 is 0. The molecule has 1 unspecified atom stereocenters. The molecular formula is C62H108O6. The SMILES string of the molecule is CC/C=C\C/C=C\C/C=C\C/C=C\C/C=C\C/C=C\CCCCCCCCCCCCCCCCCCC(=O)OCC(COC(=O)CCCCCCCC)OC(=O)CCCCCCCCCCC. The maximum Gasteiger partial charge on any atom is 0.306 e. The van der Waals surface area contributed by atoms with E-state index < -0.39 is 6.10 Å². The van der Waals surface area contributed by atoms with Gasteiger partial charge in [0.25, 0.3) is 0 Å². The number of rotatable bonds is 52. The molecule has 0 aromatic rings. The van der Waals surface area contributed by atoms with E-state index in [9.17, 15) is 14.4 Å². The minimum absolute atomic E-state index is 0.0705. The maximum atomic E-state index is 12.7. The van der Waals surface area contributed by atoms with Crippen LogP contribution >= 0.6 is 0 Å². The van der Waals surface area contributed by atoms with Crippen LogP contribution in [0.4, 0.5) is 0 Å². The standard InChI is InChI=1S/C62H108O6/c1-4-7-10-13-16-18-19-20-21-22-23-24-25-26-27-28-29-30-31-32-33-34-35-36-37-38-39-40-41-42-43-45-46-49-52-55-61(64)67-58-59(57-66-60(63)54-51-48-15-12-9-6-3)68-62(65)56-53-50-47-44-17-14-11-8-5-2/h7,10,16,18,20-21,23-24,26-27,29-30,59H,4-6,8-9,11-15,17,19,22,25,28,31-58H2,1-3H3/b10-7-,18-16-,21-20-,24-23-,27-26-,30-29-. The second-order valence-corrected chi connectivity index (χ2v) is 19.2. The van der Waals surface area contributed by atoms with E-state index in [2.05, 4.69) is 93.7 Å². The van der Waals surface area contributed by atoms with Crippen LogP contribution in [-0.4, -0.2) is 37.2 Å². The molecule has 0 saturated carbocycles. The third kappa shape index (κ3) is 53.8. The van der Waals surface area contributed by atoms with Crippen molar-refractivity contribution in [1.29, 1.82) is 0 Å². The van der Waals surface area contributed by atoms with E-state index in [0.29, 0.717) is 19.3 Å². The van der Waals surface area contributed by atoms with Gasteiger partial charge in [-0.2, -0.15) is 0 Å². The van der Waals surface area contributed by atoms with Gasteiger partial charge in [0.1, 0.15) is 13.2 Å². The first-order valence-electron chi connectivity index (χ1n) is 28.9. The zero-order valence-electron chi connectivity index (χ0n) is 44.9. The monoisotopic (exact) mass is 949 g/mol. The molecule has 0 spiro atoms. The molecule has 0 aliphatic carbocycles. The quantitative estimate of drug-likeness (QED) is 0.0262. The van der Waals surface area contributed by atoms with Crippen molar-refractivity contribution in [3.05, 3.63) is 72.9 Å². The van der Waals surface area contributed by atoms with Crippen LogP contribution in [0.2, 0.25) is 0 Å². The van der Waals surface area contributed by atoms with Gasteiger partial charge in [0, 0.05) is 19.3 Å². The molecule has 0 fully saturated rings. The highest BCUT2D eigenvalue weighted by Crippen LogP contribution is 2.16. The fourth-order valence-electron chi connectivity index (χ4n) is 8.15. The average Bonchev–Trinajstić information content (AvgIpc) is 3.34. The van der Waals surface area contributed by atoms with Crippen LogP contribution < -0.4 is 0 Å². The first-order valence-corrected chi connectivity index (χ1v) is 28.9. The third-order valence-corrected chi connectivity index (χ3v) is 12.5. The van der Waals surface area contributed by atoms with E-state index in [1.165, 1.54) is 148 Å². The number of carbonyl (C=O) groups excluding carboxylic acids is 3. The zero-order chi connectivity index (χ0) is 49.3. The number of carbonyl (C=O) groups is 3. The van der Waals surface area contributed by atoms with E-state index >= 15 is 0 Å². The second-order valence-electron chi connectivity index (χ2n) is 19.2. The molecule has 0 radical (unpaired) electrons. The molecular weight excluding hydrogens is 841 g/mol. The molecule has 0 aromatic carbocycles. The summed E-state index contributed by atoms with van der Waals surface area (Å²) in [4.78, 5) is 37.6. The van der Waals surface area contributed by atoms with Crippen LogP contribution in [-0.2, 0) is 28.6 Å². The number of hydrogen-bond acceptors (Lipinski definition) is 6. The Bertz CT molecular complexity index is 1270. The minimum atomic E-state index is -0.765. The van der Waals surface area contributed by atoms with Crippen LogP contribution in [0.25, 0.3) is 0 Å². The molecule has 0 saturated heterocycles. The van der Waals surface area contributed by atoms with Gasteiger partial charge in [-0.15, -0.1) is 0 Å². The van der Waals surface area contributed by atoms with Crippen molar-refractivity contribution < 1.29 is 28.6 Å². The fraction of sp³-hybridized carbons (Fsp3) is 0.758. The van der Waals surface area contributed by atoms with Crippen molar-refractivity contribution in [1.82, 2.24) is 0 Å². The minimum Gasteiger partial charge on any atom is -0.462 e. The highest BCUT2D eigenvalue weighted by atomic mass is 16.6. The molecule has 0 bridgehead atoms. The van der Waals surface area contributed by atoms with Crippen molar-refractivity contribution in [2.45, 2.75) is 290 Å². The van der Waals surface area contributed by atoms with E-state index in [4.69, 9.17) is 14.2 Å². The highest BCUT2D eigenvalue weighted by molar-refractivity contribution is 5.71. The summed E-state index contributed by atoms with van der Waals surface area (Å²) in [7, 11) is 0. The molecule has 0 amide bonds. The Morgan fingerprint density at radius 3 is 0.897 bits per heavy atom. The number of hydrogen-bond donors (Lipinski definition) is 0.